The Balaban J connectivity index is 1.25. The van der Waals surface area contributed by atoms with E-state index in [2.05, 4.69) is 73.5 Å². The molecule has 0 atom stereocenters. The van der Waals surface area contributed by atoms with Crippen molar-refractivity contribution in [2.45, 2.75) is 13.1 Å². The first-order valence-electron chi connectivity index (χ1n) is 10.3. The second kappa shape index (κ2) is 10.0. The van der Waals surface area contributed by atoms with Crippen LogP contribution in [0.25, 0.3) is 0 Å². The van der Waals surface area contributed by atoms with E-state index < -0.39 is 0 Å². The molecule has 1 amide bonds. The lowest BCUT2D eigenvalue weighted by atomic mass is 10.1. The van der Waals surface area contributed by atoms with Crippen LogP contribution in [0.2, 0.25) is 0 Å². The van der Waals surface area contributed by atoms with Gasteiger partial charge in [0.25, 0.3) is 5.91 Å². The summed E-state index contributed by atoms with van der Waals surface area (Å²) in [5.74, 6) is -0.0848. The quantitative estimate of drug-likeness (QED) is 0.557. The maximum absolute atomic E-state index is 12.4. The molecule has 5 heteroatoms. The first kappa shape index (κ1) is 20.8. The number of amides is 1. The Hall–Kier alpha value is -2.47. The van der Waals surface area contributed by atoms with Gasteiger partial charge in [0.15, 0.2) is 0 Å². The number of piperazine rings is 1. The van der Waals surface area contributed by atoms with E-state index in [1.54, 1.807) is 0 Å². The molecule has 0 aromatic heterocycles. The molecule has 1 heterocycles. The molecule has 1 fully saturated rings. The Kier molecular flexibility index (Phi) is 6.95. The fraction of sp³-hybridized carbons (Fsp3) is 0.240. The Bertz CT molecular complexity index is 950. The van der Waals surface area contributed by atoms with Crippen LogP contribution in [-0.4, -0.2) is 41.9 Å². The molecule has 4 nitrogen and oxygen atoms in total. The Morgan fingerprint density at radius 3 is 1.83 bits per heavy atom. The fourth-order valence-electron chi connectivity index (χ4n) is 3.70. The van der Waals surface area contributed by atoms with Crippen LogP contribution in [0.4, 0.5) is 5.69 Å². The summed E-state index contributed by atoms with van der Waals surface area (Å²) in [6, 6.07) is 26.2. The van der Waals surface area contributed by atoms with Crippen molar-refractivity contribution >= 4 is 27.5 Å². The minimum absolute atomic E-state index is 0.0848. The van der Waals surface area contributed by atoms with Gasteiger partial charge in [0.2, 0.25) is 0 Å². The topological polar surface area (TPSA) is 35.6 Å². The Labute approximate surface area is 186 Å². The second-order valence-electron chi connectivity index (χ2n) is 7.70. The number of nitrogens with one attached hydrogen (secondary N) is 1. The molecule has 3 aromatic carbocycles. The molecule has 0 radical (unpaired) electrons. The lowest BCUT2D eigenvalue weighted by Crippen LogP contribution is -2.45. The molecule has 0 bridgehead atoms. The number of rotatable bonds is 6. The van der Waals surface area contributed by atoms with Crippen molar-refractivity contribution in [1.29, 1.82) is 0 Å². The van der Waals surface area contributed by atoms with E-state index in [1.165, 1.54) is 11.1 Å². The third kappa shape index (κ3) is 5.79. The van der Waals surface area contributed by atoms with Gasteiger partial charge in [-0.1, -0.05) is 58.4 Å². The van der Waals surface area contributed by atoms with Crippen molar-refractivity contribution in [1.82, 2.24) is 9.80 Å². The van der Waals surface area contributed by atoms with E-state index in [0.717, 1.165) is 49.4 Å². The SMILES string of the molecule is O=C(Nc1ccc(Br)cc1)c1ccc(CN2CCN(Cc3ccccc3)CC2)cc1. The lowest BCUT2D eigenvalue weighted by Gasteiger charge is -2.34. The third-order valence-corrected chi connectivity index (χ3v) is 5.97. The van der Waals surface area contributed by atoms with Gasteiger partial charge in [-0.15, -0.1) is 0 Å². The average Bonchev–Trinajstić information content (AvgIpc) is 2.78. The van der Waals surface area contributed by atoms with Crippen LogP contribution in [-0.2, 0) is 13.1 Å². The predicted octanol–water partition coefficient (Wildman–Crippen LogP) is 5.02. The number of hydrogen-bond donors (Lipinski definition) is 1. The van der Waals surface area contributed by atoms with Gasteiger partial charge < -0.3 is 5.32 Å². The smallest absolute Gasteiger partial charge is 0.255 e. The highest BCUT2D eigenvalue weighted by Gasteiger charge is 2.17. The second-order valence-corrected chi connectivity index (χ2v) is 8.61. The molecule has 1 aliphatic rings. The highest BCUT2D eigenvalue weighted by Crippen LogP contribution is 2.16. The van der Waals surface area contributed by atoms with Crippen LogP contribution in [0.15, 0.2) is 83.3 Å². The van der Waals surface area contributed by atoms with E-state index in [-0.39, 0.29) is 5.91 Å². The molecule has 0 spiro atoms. The molecule has 0 saturated carbocycles. The summed E-state index contributed by atoms with van der Waals surface area (Å²) in [5, 5.41) is 2.94. The molecule has 1 saturated heterocycles. The number of carbonyl (C=O) groups excluding carboxylic acids is 1. The van der Waals surface area contributed by atoms with E-state index in [0.29, 0.717) is 5.56 Å². The predicted molar refractivity (Wildman–Crippen MR) is 126 cm³/mol. The lowest BCUT2D eigenvalue weighted by molar-refractivity contribution is 0.102. The first-order chi connectivity index (χ1) is 14.7. The number of halogens is 1. The zero-order chi connectivity index (χ0) is 20.8. The van der Waals surface area contributed by atoms with Gasteiger partial charge in [-0.05, 0) is 47.5 Å². The van der Waals surface area contributed by atoms with Crippen LogP contribution in [0.5, 0.6) is 0 Å². The zero-order valence-corrected chi connectivity index (χ0v) is 18.5. The van der Waals surface area contributed by atoms with Crippen molar-refractivity contribution < 1.29 is 4.79 Å². The number of benzene rings is 3. The summed E-state index contributed by atoms with van der Waals surface area (Å²) in [6.07, 6.45) is 0. The molecular weight excluding hydrogens is 438 g/mol. The van der Waals surface area contributed by atoms with Crippen LogP contribution in [0.3, 0.4) is 0 Å². The molecule has 0 unspecified atom stereocenters. The van der Waals surface area contributed by atoms with Gasteiger partial charge in [-0.3, -0.25) is 14.6 Å². The molecule has 3 aromatic rings. The number of carbonyl (C=O) groups is 1. The van der Waals surface area contributed by atoms with Crippen molar-refractivity contribution in [3.05, 3.63) is 100 Å². The van der Waals surface area contributed by atoms with Crippen molar-refractivity contribution in [3.8, 4) is 0 Å². The third-order valence-electron chi connectivity index (χ3n) is 5.44. The first-order valence-corrected chi connectivity index (χ1v) is 11.1. The molecule has 4 rings (SSSR count). The minimum atomic E-state index is -0.0848. The summed E-state index contributed by atoms with van der Waals surface area (Å²) in [4.78, 5) is 17.4. The van der Waals surface area contributed by atoms with Crippen LogP contribution < -0.4 is 5.32 Å². The Morgan fingerprint density at radius 1 is 0.733 bits per heavy atom. The van der Waals surface area contributed by atoms with E-state index >= 15 is 0 Å². The van der Waals surface area contributed by atoms with E-state index in [4.69, 9.17) is 0 Å². The van der Waals surface area contributed by atoms with Crippen molar-refractivity contribution in [2.24, 2.45) is 0 Å². The van der Waals surface area contributed by atoms with Gasteiger partial charge in [-0.2, -0.15) is 0 Å². The van der Waals surface area contributed by atoms with Crippen molar-refractivity contribution in [3.63, 3.8) is 0 Å². The van der Waals surface area contributed by atoms with Crippen LogP contribution in [0, 0.1) is 0 Å². The summed E-state index contributed by atoms with van der Waals surface area (Å²) in [7, 11) is 0. The monoisotopic (exact) mass is 463 g/mol. The highest BCUT2D eigenvalue weighted by atomic mass is 79.9. The van der Waals surface area contributed by atoms with E-state index in [9.17, 15) is 4.79 Å². The van der Waals surface area contributed by atoms with E-state index in [1.807, 2.05) is 36.4 Å². The molecule has 1 aliphatic heterocycles. The number of anilines is 1. The summed E-state index contributed by atoms with van der Waals surface area (Å²) < 4.78 is 0.991. The maximum Gasteiger partial charge on any atom is 0.255 e. The molecular formula is C25H26BrN3O. The minimum Gasteiger partial charge on any atom is -0.322 e. The fourth-order valence-corrected chi connectivity index (χ4v) is 3.97. The van der Waals surface area contributed by atoms with Crippen LogP contribution >= 0.6 is 15.9 Å². The zero-order valence-electron chi connectivity index (χ0n) is 16.9. The summed E-state index contributed by atoms with van der Waals surface area (Å²) >= 11 is 3.40. The number of hydrogen-bond acceptors (Lipinski definition) is 3. The number of nitrogens with zero attached hydrogens (tertiary/aromatic N) is 2. The molecule has 1 N–H and O–H groups in total. The van der Waals surface area contributed by atoms with Gasteiger partial charge in [0.05, 0.1) is 0 Å². The standard InChI is InChI=1S/C25H26BrN3O/c26-23-10-12-24(13-11-23)27-25(30)22-8-6-21(7-9-22)19-29-16-14-28(15-17-29)18-20-4-2-1-3-5-20/h1-13H,14-19H2,(H,27,30). The normalized spacial score (nSPS) is 15.1. The largest absolute Gasteiger partial charge is 0.322 e. The van der Waals surface area contributed by atoms with Gasteiger partial charge in [-0.25, -0.2) is 0 Å². The van der Waals surface area contributed by atoms with Gasteiger partial charge >= 0.3 is 0 Å². The Morgan fingerprint density at radius 2 is 1.27 bits per heavy atom. The van der Waals surface area contributed by atoms with Gasteiger partial charge in [0, 0.05) is 55.0 Å². The van der Waals surface area contributed by atoms with Gasteiger partial charge in [0.1, 0.15) is 0 Å². The average molecular weight is 464 g/mol. The molecule has 0 aliphatic carbocycles. The molecule has 30 heavy (non-hydrogen) atoms. The summed E-state index contributed by atoms with van der Waals surface area (Å²) in [5.41, 5.74) is 4.09. The van der Waals surface area contributed by atoms with Crippen LogP contribution in [0.1, 0.15) is 21.5 Å². The summed E-state index contributed by atoms with van der Waals surface area (Å²) in [6.45, 7) is 6.26. The maximum atomic E-state index is 12.4. The highest BCUT2D eigenvalue weighted by molar-refractivity contribution is 9.10. The molecule has 154 valence electrons. The van der Waals surface area contributed by atoms with Crippen molar-refractivity contribution in [2.75, 3.05) is 31.5 Å².